The highest BCUT2D eigenvalue weighted by atomic mass is 35.7. The van der Waals surface area contributed by atoms with Gasteiger partial charge < -0.3 is 14.6 Å². The third-order valence-electron chi connectivity index (χ3n) is 12.8. The number of hydrogen-bond donors (Lipinski definition) is 2. The predicted molar refractivity (Wildman–Crippen MR) is 276 cm³/mol. The molecule has 0 saturated carbocycles. The fourth-order valence-electron chi connectivity index (χ4n) is 9.40. The van der Waals surface area contributed by atoms with Gasteiger partial charge in [0.15, 0.2) is 0 Å². The summed E-state index contributed by atoms with van der Waals surface area (Å²) in [6, 6.07) is 75.5. The molecule has 2 N–H and O–H groups in total. The molecular weight excluding hydrogens is 975 g/mol. The van der Waals surface area contributed by atoms with E-state index in [2.05, 4.69) is 126 Å². The molecule has 1 amide bonds. The van der Waals surface area contributed by atoms with Gasteiger partial charge in [0, 0.05) is 12.1 Å². The number of fused-ring (bicyclic) bond motifs is 1. The highest BCUT2D eigenvalue weighted by molar-refractivity contribution is 8.01. The molecule has 2 heterocycles. The Balaban J connectivity index is 0.00000128. The molecule has 13 nitrogen and oxygen atoms in total. The van der Waals surface area contributed by atoms with Crippen LogP contribution in [0.3, 0.4) is 0 Å². The number of nitro benzene ring substituents is 1. The quantitative estimate of drug-likeness (QED) is 0.0592. The molecule has 0 radical (unpaired) electrons. The van der Waals surface area contributed by atoms with Crippen LogP contribution in [0.25, 0.3) is 11.1 Å². The van der Waals surface area contributed by atoms with E-state index in [9.17, 15) is 19.7 Å². The Labute approximate surface area is 430 Å². The molecule has 1 aromatic heterocycles. The monoisotopic (exact) mass is 1020 g/mol. The number of benzene rings is 8. The number of aromatic amines is 1. The second kappa shape index (κ2) is 22.8. The molecule has 9 aromatic rings. The Morgan fingerprint density at radius 2 is 1.03 bits per heavy atom. The lowest BCUT2D eigenvalue weighted by Gasteiger charge is -2.27. The molecule has 8 aromatic carbocycles. The van der Waals surface area contributed by atoms with Crippen molar-refractivity contribution in [2.24, 2.45) is 0 Å². The first-order valence-electron chi connectivity index (χ1n) is 23.5. The van der Waals surface area contributed by atoms with Gasteiger partial charge in [-0.15, -0.1) is 10.2 Å². The number of ether oxygens (including phenoxy) is 1. The molecule has 0 unspecified atom stereocenters. The van der Waals surface area contributed by atoms with E-state index in [1.165, 1.54) is 33.4 Å². The van der Waals surface area contributed by atoms with E-state index in [4.69, 9.17) is 23.4 Å². The minimum absolute atomic E-state index is 0.0236. The molecule has 0 fully saturated rings. The molecule has 0 bridgehead atoms. The number of anilines is 1. The van der Waals surface area contributed by atoms with Crippen molar-refractivity contribution in [1.82, 2.24) is 10.3 Å². The number of esters is 1. The summed E-state index contributed by atoms with van der Waals surface area (Å²) in [5.74, 6) is -0.758. The first kappa shape index (κ1) is 50.8. The number of hydrogen-bond acceptors (Lipinski definition) is 10. The summed E-state index contributed by atoms with van der Waals surface area (Å²) in [5, 5.41) is 20.3. The van der Waals surface area contributed by atoms with Crippen LogP contribution in [0, 0.1) is 20.4 Å². The Kier molecular flexibility index (Phi) is 15.6. The summed E-state index contributed by atoms with van der Waals surface area (Å²) in [6.07, 6.45) is 0.399. The lowest BCUT2D eigenvalue weighted by atomic mass is 10.00. The number of non-ortho nitro benzene ring substituents is 1. The molecule has 0 saturated heterocycles. The average molecular weight is 1020 g/mol. The predicted octanol–water partition coefficient (Wildman–Crippen LogP) is 5.65. The number of amides is 1. The molecule has 370 valence electrons. The summed E-state index contributed by atoms with van der Waals surface area (Å²) >= 11 is 0. The van der Waals surface area contributed by atoms with Crippen LogP contribution in [-0.4, -0.2) is 27.8 Å². The van der Waals surface area contributed by atoms with Crippen molar-refractivity contribution in [2.45, 2.75) is 31.7 Å². The summed E-state index contributed by atoms with van der Waals surface area (Å²) < 4.78 is 39.9. The summed E-state index contributed by atoms with van der Waals surface area (Å²) in [6.45, 7) is 0.277. The second-order valence-electron chi connectivity index (χ2n) is 17.5. The van der Waals surface area contributed by atoms with Crippen molar-refractivity contribution >= 4 is 51.7 Å². The van der Waals surface area contributed by atoms with Gasteiger partial charge in [-0.1, -0.05) is 164 Å². The SMILES string of the molecule is O=C(OCc1ccc(-c2ccc([P+](c3ccccc3)(c3ccccc3)c3ccccc3)cc2)cc1)c1cc2c([nH]1)[C@@H](c1ccc([N+](=O)[O-])cc1)N[C@@H](Cc1ccccc1)C(=O)N2Cc1ccccc1.[O-][Cl+3]([O-])([O-])[O-]. The summed E-state index contributed by atoms with van der Waals surface area (Å²) in [4.78, 5) is 45.0. The first-order valence-corrected chi connectivity index (χ1v) is 26.5. The van der Waals surface area contributed by atoms with E-state index < -0.39 is 40.5 Å². The van der Waals surface area contributed by atoms with Gasteiger partial charge in [-0.25, -0.2) is 23.4 Å². The molecule has 2 atom stereocenters. The van der Waals surface area contributed by atoms with Crippen molar-refractivity contribution in [2.75, 3.05) is 4.90 Å². The molecule has 15 heteroatoms. The molecule has 0 spiro atoms. The number of nitrogens with one attached hydrogen (secondary N) is 2. The topological polar surface area (TPSA) is 210 Å². The number of nitro groups is 1. The largest absolute Gasteiger partial charge is 0.456 e. The van der Waals surface area contributed by atoms with Crippen molar-refractivity contribution in [1.29, 1.82) is 0 Å². The van der Waals surface area contributed by atoms with Crippen LogP contribution in [0.4, 0.5) is 11.4 Å². The van der Waals surface area contributed by atoms with Gasteiger partial charge in [-0.05, 0) is 94.4 Å². The number of nitrogens with zero attached hydrogens (tertiary/aromatic N) is 2. The van der Waals surface area contributed by atoms with Crippen molar-refractivity contribution < 1.29 is 48.1 Å². The standard InChI is InChI=1S/C59H47N4O5P.ClHO4/c64-58-53(38-42-16-6-1-7-17-42)60-56(47-30-34-48(35-31-47)63(66)67)57-55(62(58)40-43-18-8-2-9-19-43)39-54(61-57)59(65)68-41-44-26-28-45(29-27-44)46-32-36-52(37-33-46)69(49-20-10-3-11-21-49,50-22-12-4-13-23-50)51-24-14-5-15-25-51;2-1(3,4)5/h1-37,39,53,56,60H,38,40-41H2;(H,2,3,4,5)/t53-,56+;/m0./s1. The number of H-pyrrole nitrogens is 1. The van der Waals surface area contributed by atoms with Crippen LogP contribution in [0.5, 0.6) is 0 Å². The van der Waals surface area contributed by atoms with E-state index in [1.807, 2.05) is 84.9 Å². The Morgan fingerprint density at radius 3 is 1.51 bits per heavy atom. The fourth-order valence-corrected chi connectivity index (χ4v) is 13.6. The fraction of sp³-hybridized carbons (Fsp3) is 0.0847. The van der Waals surface area contributed by atoms with Crippen LogP contribution in [0.15, 0.2) is 231 Å². The van der Waals surface area contributed by atoms with E-state index in [1.54, 1.807) is 23.1 Å². The van der Waals surface area contributed by atoms with Crippen molar-refractivity contribution in [3.05, 3.63) is 274 Å². The Hall–Kier alpha value is -8.10. The van der Waals surface area contributed by atoms with Crippen LogP contribution >= 0.6 is 7.26 Å². The normalized spacial score (nSPS) is 14.5. The van der Waals surface area contributed by atoms with Crippen molar-refractivity contribution in [3.63, 3.8) is 0 Å². The number of rotatable bonds is 14. The lowest BCUT2D eigenvalue weighted by Crippen LogP contribution is -2.68. The van der Waals surface area contributed by atoms with Crippen LogP contribution in [0.2, 0.25) is 0 Å². The number of carbonyl (C=O) groups excluding carboxylic acids is 2. The van der Waals surface area contributed by atoms with Crippen LogP contribution < -0.4 is 50.1 Å². The summed E-state index contributed by atoms with van der Waals surface area (Å²) in [7, 11) is -7.18. The Morgan fingerprint density at radius 1 is 0.581 bits per heavy atom. The van der Waals surface area contributed by atoms with Gasteiger partial charge in [0.1, 0.15) is 40.8 Å². The van der Waals surface area contributed by atoms with Gasteiger partial charge >= 0.3 is 5.97 Å². The van der Waals surface area contributed by atoms with E-state index >= 15 is 0 Å². The second-order valence-corrected chi connectivity index (χ2v) is 21.6. The van der Waals surface area contributed by atoms with Gasteiger partial charge in [0.25, 0.3) is 5.69 Å². The van der Waals surface area contributed by atoms with Gasteiger partial charge in [0.05, 0.1) is 34.9 Å². The maximum atomic E-state index is 14.7. The number of carbonyl (C=O) groups is 2. The van der Waals surface area contributed by atoms with E-state index in [0.29, 0.717) is 23.4 Å². The Bertz CT molecular complexity index is 3210. The van der Waals surface area contributed by atoms with Crippen LogP contribution in [0.1, 0.15) is 44.5 Å². The maximum absolute atomic E-state index is 14.7. The maximum Gasteiger partial charge on any atom is 0.355 e. The van der Waals surface area contributed by atoms with Crippen molar-refractivity contribution in [3.8, 4) is 11.1 Å². The molecule has 74 heavy (non-hydrogen) atoms. The zero-order valence-corrected chi connectivity index (χ0v) is 41.3. The summed E-state index contributed by atoms with van der Waals surface area (Å²) in [5.41, 5.74) is 6.71. The van der Waals surface area contributed by atoms with Crippen LogP contribution in [-0.2, 0) is 29.1 Å². The minimum atomic E-state index is -4.94. The van der Waals surface area contributed by atoms with Gasteiger partial charge in [-0.2, -0.15) is 0 Å². The molecule has 1 aliphatic heterocycles. The molecule has 1 aliphatic rings. The smallest absolute Gasteiger partial charge is 0.355 e. The number of halogens is 1. The first-order chi connectivity index (χ1) is 35.8. The zero-order chi connectivity index (χ0) is 51.7. The highest BCUT2D eigenvalue weighted by Crippen LogP contribution is 2.54. The van der Waals surface area contributed by atoms with Gasteiger partial charge in [-0.3, -0.25) is 20.2 Å². The highest BCUT2D eigenvalue weighted by Gasteiger charge is 2.47. The minimum Gasteiger partial charge on any atom is -0.456 e. The molecule has 10 rings (SSSR count). The van der Waals surface area contributed by atoms with E-state index in [-0.39, 0.29) is 30.4 Å². The molecule has 0 aliphatic carbocycles. The lowest BCUT2D eigenvalue weighted by molar-refractivity contribution is -2.00. The average Bonchev–Trinajstić information content (AvgIpc) is 3.84. The third kappa shape index (κ3) is 11.7. The van der Waals surface area contributed by atoms with E-state index in [0.717, 1.165) is 27.8 Å². The number of aromatic nitrogens is 1. The third-order valence-corrected chi connectivity index (χ3v) is 17.1. The molecular formula is C59H48ClN4O9P. The van der Waals surface area contributed by atoms with Gasteiger partial charge in [0.2, 0.25) is 5.91 Å². The zero-order valence-electron chi connectivity index (χ0n) is 39.6.